The van der Waals surface area contributed by atoms with E-state index in [4.69, 9.17) is 10.4 Å². The number of nitro benzene ring substituents is 1. The number of nitrogens with one attached hydrogen (secondary N) is 1. The van der Waals surface area contributed by atoms with E-state index in [2.05, 4.69) is 5.32 Å². The van der Waals surface area contributed by atoms with Crippen LogP contribution >= 0.6 is 0 Å². The van der Waals surface area contributed by atoms with Gasteiger partial charge in [0.1, 0.15) is 11.7 Å². The summed E-state index contributed by atoms with van der Waals surface area (Å²) in [6.07, 6.45) is 0.987. The van der Waals surface area contributed by atoms with Crippen LogP contribution in [-0.4, -0.2) is 22.0 Å². The Hall–Kier alpha value is -2.62. The fourth-order valence-electron chi connectivity index (χ4n) is 1.61. The van der Waals surface area contributed by atoms with Crippen LogP contribution in [0.4, 0.5) is 11.4 Å². The van der Waals surface area contributed by atoms with E-state index in [1.165, 1.54) is 12.1 Å². The Morgan fingerprint density at radius 3 is 2.79 bits per heavy atom. The van der Waals surface area contributed by atoms with Gasteiger partial charge in [0, 0.05) is 6.07 Å². The second kappa shape index (κ2) is 6.35. The molecule has 100 valence electrons. The van der Waals surface area contributed by atoms with Crippen LogP contribution in [0.5, 0.6) is 0 Å². The smallest absolute Gasteiger partial charge is 0.326 e. The third-order valence-corrected chi connectivity index (χ3v) is 2.53. The highest BCUT2D eigenvalue weighted by Crippen LogP contribution is 2.26. The number of nitriles is 1. The predicted molar refractivity (Wildman–Crippen MR) is 67.8 cm³/mol. The normalized spacial score (nSPS) is 11.4. The summed E-state index contributed by atoms with van der Waals surface area (Å²) < 4.78 is 0. The molecule has 0 radical (unpaired) electrons. The van der Waals surface area contributed by atoms with Crippen LogP contribution in [0.25, 0.3) is 0 Å². The van der Waals surface area contributed by atoms with Gasteiger partial charge in [-0.3, -0.25) is 10.1 Å². The monoisotopic (exact) mass is 263 g/mol. The van der Waals surface area contributed by atoms with Gasteiger partial charge in [-0.15, -0.1) is 0 Å². The van der Waals surface area contributed by atoms with Crippen LogP contribution in [0.2, 0.25) is 0 Å². The van der Waals surface area contributed by atoms with Crippen LogP contribution in [0.1, 0.15) is 25.3 Å². The summed E-state index contributed by atoms with van der Waals surface area (Å²) in [6, 6.07) is 4.78. The van der Waals surface area contributed by atoms with E-state index >= 15 is 0 Å². The van der Waals surface area contributed by atoms with E-state index in [0.29, 0.717) is 12.8 Å². The lowest BCUT2D eigenvalue weighted by Gasteiger charge is -2.14. The van der Waals surface area contributed by atoms with E-state index in [-0.39, 0.29) is 16.9 Å². The van der Waals surface area contributed by atoms with Gasteiger partial charge in [0.05, 0.1) is 16.6 Å². The van der Waals surface area contributed by atoms with Gasteiger partial charge in [0.15, 0.2) is 0 Å². The number of nitrogens with zero attached hydrogens (tertiary/aromatic N) is 2. The first kappa shape index (κ1) is 14.4. The maximum atomic E-state index is 11.0. The minimum Gasteiger partial charge on any atom is -0.480 e. The van der Waals surface area contributed by atoms with Crippen LogP contribution in [0, 0.1) is 21.4 Å². The van der Waals surface area contributed by atoms with E-state index in [1.807, 2.05) is 6.92 Å². The Labute approximate surface area is 109 Å². The molecule has 0 saturated carbocycles. The molecular weight excluding hydrogens is 250 g/mol. The Morgan fingerprint density at radius 1 is 1.63 bits per heavy atom. The second-order valence-corrected chi connectivity index (χ2v) is 3.92. The van der Waals surface area contributed by atoms with Crippen molar-refractivity contribution in [3.05, 3.63) is 33.9 Å². The average Bonchev–Trinajstić information content (AvgIpc) is 2.38. The molecule has 7 heteroatoms. The molecule has 1 rings (SSSR count). The van der Waals surface area contributed by atoms with Gasteiger partial charge in [-0.05, 0) is 18.6 Å². The molecule has 0 amide bonds. The fourth-order valence-corrected chi connectivity index (χ4v) is 1.61. The quantitative estimate of drug-likeness (QED) is 0.599. The number of benzene rings is 1. The zero-order chi connectivity index (χ0) is 14.4. The van der Waals surface area contributed by atoms with Gasteiger partial charge in [0.2, 0.25) is 0 Å². The van der Waals surface area contributed by atoms with Gasteiger partial charge in [0.25, 0.3) is 5.69 Å². The Kier molecular flexibility index (Phi) is 4.83. The molecule has 1 unspecified atom stereocenters. The largest absolute Gasteiger partial charge is 0.480 e. The molecule has 0 bridgehead atoms. The van der Waals surface area contributed by atoms with E-state index in [0.717, 1.165) is 6.07 Å². The molecule has 1 aromatic rings. The van der Waals surface area contributed by atoms with Gasteiger partial charge in [-0.2, -0.15) is 5.26 Å². The molecule has 1 atom stereocenters. The molecular formula is C12H13N3O4. The summed E-state index contributed by atoms with van der Waals surface area (Å²) in [5.74, 6) is -1.07. The molecule has 0 aliphatic rings. The zero-order valence-electron chi connectivity index (χ0n) is 10.3. The minimum atomic E-state index is -1.07. The van der Waals surface area contributed by atoms with Crippen molar-refractivity contribution in [2.24, 2.45) is 0 Å². The summed E-state index contributed by atoms with van der Waals surface area (Å²) in [5, 5.41) is 31.3. The predicted octanol–water partition coefficient (Wildman–Crippen LogP) is 2.13. The Bertz CT molecular complexity index is 536. The average molecular weight is 263 g/mol. The summed E-state index contributed by atoms with van der Waals surface area (Å²) in [4.78, 5) is 21.3. The third-order valence-electron chi connectivity index (χ3n) is 2.53. The number of nitro groups is 1. The van der Waals surface area contributed by atoms with Crippen molar-refractivity contribution in [1.82, 2.24) is 0 Å². The van der Waals surface area contributed by atoms with Crippen molar-refractivity contribution in [3.8, 4) is 6.07 Å². The number of aliphatic carboxylic acids is 1. The highest BCUT2D eigenvalue weighted by atomic mass is 16.6. The number of carboxylic acid groups (broad SMARTS) is 1. The van der Waals surface area contributed by atoms with E-state index in [1.54, 1.807) is 6.07 Å². The van der Waals surface area contributed by atoms with Crippen LogP contribution < -0.4 is 5.32 Å². The first-order chi connectivity index (χ1) is 8.99. The molecule has 1 aromatic carbocycles. The molecule has 0 aromatic heterocycles. The number of carbonyl (C=O) groups is 1. The van der Waals surface area contributed by atoms with Crippen LogP contribution in [0.15, 0.2) is 18.2 Å². The fraction of sp³-hybridized carbons (Fsp3) is 0.333. The molecule has 0 spiro atoms. The molecule has 7 nitrogen and oxygen atoms in total. The lowest BCUT2D eigenvalue weighted by molar-refractivity contribution is -0.384. The summed E-state index contributed by atoms with van der Waals surface area (Å²) in [7, 11) is 0. The second-order valence-electron chi connectivity index (χ2n) is 3.92. The highest BCUT2D eigenvalue weighted by molar-refractivity contribution is 5.79. The van der Waals surface area contributed by atoms with Crippen molar-refractivity contribution in [3.63, 3.8) is 0 Å². The SMILES string of the molecule is CCCC(Nc1ccc(C#N)cc1[N+](=O)[O-])C(=O)O. The molecule has 0 aliphatic heterocycles. The maximum Gasteiger partial charge on any atom is 0.326 e. The molecule has 0 fully saturated rings. The van der Waals surface area contributed by atoms with Crippen molar-refractivity contribution < 1.29 is 14.8 Å². The number of hydrogen-bond acceptors (Lipinski definition) is 5. The first-order valence-electron chi connectivity index (χ1n) is 5.67. The standard InChI is InChI=1S/C12H13N3O4/c1-2-3-10(12(16)17)14-9-5-4-8(7-13)6-11(9)15(18)19/h4-6,10,14H,2-3H2,1H3,(H,16,17). The number of hydrogen-bond donors (Lipinski definition) is 2. The molecule has 0 saturated heterocycles. The molecule has 0 heterocycles. The van der Waals surface area contributed by atoms with Crippen molar-refractivity contribution >= 4 is 17.3 Å². The molecule has 0 aliphatic carbocycles. The lowest BCUT2D eigenvalue weighted by Crippen LogP contribution is -2.29. The zero-order valence-corrected chi connectivity index (χ0v) is 10.3. The van der Waals surface area contributed by atoms with Gasteiger partial charge in [-0.1, -0.05) is 13.3 Å². The first-order valence-corrected chi connectivity index (χ1v) is 5.67. The lowest BCUT2D eigenvalue weighted by atomic mass is 10.1. The van der Waals surface area contributed by atoms with Gasteiger partial charge >= 0.3 is 5.97 Å². The highest BCUT2D eigenvalue weighted by Gasteiger charge is 2.21. The van der Waals surface area contributed by atoms with Crippen molar-refractivity contribution in [2.75, 3.05) is 5.32 Å². The van der Waals surface area contributed by atoms with E-state index < -0.39 is 16.9 Å². The third kappa shape index (κ3) is 3.67. The van der Waals surface area contributed by atoms with Gasteiger partial charge < -0.3 is 10.4 Å². The van der Waals surface area contributed by atoms with Crippen LogP contribution in [0.3, 0.4) is 0 Å². The van der Waals surface area contributed by atoms with Crippen molar-refractivity contribution in [2.45, 2.75) is 25.8 Å². The van der Waals surface area contributed by atoms with Crippen molar-refractivity contribution in [1.29, 1.82) is 5.26 Å². The maximum absolute atomic E-state index is 11.0. The summed E-state index contributed by atoms with van der Waals surface area (Å²) >= 11 is 0. The number of anilines is 1. The Balaban J connectivity index is 3.09. The summed E-state index contributed by atoms with van der Waals surface area (Å²) in [6.45, 7) is 1.82. The Morgan fingerprint density at radius 2 is 2.32 bits per heavy atom. The molecule has 19 heavy (non-hydrogen) atoms. The van der Waals surface area contributed by atoms with Gasteiger partial charge in [-0.25, -0.2) is 4.79 Å². The number of carboxylic acids is 1. The van der Waals surface area contributed by atoms with Crippen LogP contribution in [-0.2, 0) is 4.79 Å². The topological polar surface area (TPSA) is 116 Å². The number of rotatable bonds is 6. The minimum absolute atomic E-state index is 0.102. The van der Waals surface area contributed by atoms with E-state index in [9.17, 15) is 14.9 Å². The molecule has 2 N–H and O–H groups in total. The summed E-state index contributed by atoms with van der Waals surface area (Å²) in [5.41, 5.74) is -0.0501.